The Kier molecular flexibility index (Phi) is 8.23. The molecule has 0 aliphatic heterocycles. The van der Waals surface area contributed by atoms with Gasteiger partial charge in [-0.3, -0.25) is 0 Å². The van der Waals surface area contributed by atoms with Crippen molar-refractivity contribution in [2.45, 2.75) is 46.2 Å². The lowest BCUT2D eigenvalue weighted by molar-refractivity contribution is 0.202. The monoisotopic (exact) mass is 297 g/mol. The number of ether oxygens (including phenoxy) is 1. The number of methoxy groups -OCH3 is 1. The highest BCUT2D eigenvalue weighted by Crippen LogP contribution is 2.23. The van der Waals surface area contributed by atoms with E-state index in [4.69, 9.17) is 4.74 Å². The summed E-state index contributed by atoms with van der Waals surface area (Å²) < 4.78 is 19.9. The summed E-state index contributed by atoms with van der Waals surface area (Å²) in [6.07, 6.45) is 3.60. The second-order valence-corrected chi connectivity index (χ2v) is 5.04. The van der Waals surface area contributed by atoms with E-state index in [2.05, 4.69) is 24.1 Å². The summed E-state index contributed by atoms with van der Waals surface area (Å²) in [5.41, 5.74) is 0.662. The predicted molar refractivity (Wildman–Crippen MR) is 85.2 cm³/mol. The van der Waals surface area contributed by atoms with Crippen LogP contribution in [0.5, 0.6) is 0 Å². The maximum Gasteiger partial charge on any atom is 0.170 e. The smallest absolute Gasteiger partial charge is 0.170 e. The number of hydrogen-bond acceptors (Lipinski definition) is 4. The van der Waals surface area contributed by atoms with Crippen LogP contribution in [0.4, 0.5) is 10.2 Å². The molecule has 0 saturated carbocycles. The average molecular weight is 297 g/mol. The van der Waals surface area contributed by atoms with E-state index in [0.717, 1.165) is 19.4 Å². The van der Waals surface area contributed by atoms with Gasteiger partial charge in [-0.2, -0.15) is 0 Å². The minimum atomic E-state index is -0.221. The molecule has 1 aromatic rings. The number of rotatable bonds is 10. The Morgan fingerprint density at radius 1 is 1.33 bits per heavy atom. The van der Waals surface area contributed by atoms with Crippen LogP contribution in [0, 0.1) is 5.82 Å². The van der Waals surface area contributed by atoms with Crippen LogP contribution in [-0.2, 0) is 11.3 Å². The second-order valence-electron chi connectivity index (χ2n) is 5.04. The molecule has 0 amide bonds. The summed E-state index contributed by atoms with van der Waals surface area (Å²) >= 11 is 0. The number of pyridine rings is 1. The predicted octanol–water partition coefficient (Wildman–Crippen LogP) is 2.97. The Labute approximate surface area is 127 Å². The van der Waals surface area contributed by atoms with E-state index in [1.54, 1.807) is 19.4 Å². The molecule has 120 valence electrons. The van der Waals surface area contributed by atoms with E-state index in [1.807, 2.05) is 11.8 Å². The van der Waals surface area contributed by atoms with E-state index in [-0.39, 0.29) is 11.9 Å². The normalized spacial score (nSPS) is 11.1. The molecule has 0 fully saturated rings. The third-order valence-corrected chi connectivity index (χ3v) is 3.71. The fourth-order valence-corrected chi connectivity index (χ4v) is 2.45. The summed E-state index contributed by atoms with van der Waals surface area (Å²) in [5, 5.41) is 3.16. The molecular formula is C16H28FN3O. The lowest BCUT2D eigenvalue weighted by atomic mass is 10.1. The van der Waals surface area contributed by atoms with Crippen molar-refractivity contribution in [1.82, 2.24) is 10.3 Å². The van der Waals surface area contributed by atoms with Gasteiger partial charge in [0.1, 0.15) is 0 Å². The zero-order chi connectivity index (χ0) is 15.7. The highest BCUT2D eigenvalue weighted by atomic mass is 19.1. The number of nitrogens with one attached hydrogen (secondary N) is 1. The molecule has 0 saturated heterocycles. The molecule has 0 radical (unpaired) electrons. The molecule has 1 heterocycles. The van der Waals surface area contributed by atoms with Crippen LogP contribution >= 0.6 is 0 Å². The van der Waals surface area contributed by atoms with Crippen LogP contribution in [-0.4, -0.2) is 37.8 Å². The van der Waals surface area contributed by atoms with E-state index < -0.39 is 0 Å². The minimum absolute atomic E-state index is 0.221. The molecule has 0 spiro atoms. The molecule has 0 aromatic carbocycles. The Morgan fingerprint density at radius 3 is 2.62 bits per heavy atom. The second kappa shape index (κ2) is 9.68. The van der Waals surface area contributed by atoms with Gasteiger partial charge in [-0.05, 0) is 25.5 Å². The van der Waals surface area contributed by atoms with Crippen molar-refractivity contribution in [1.29, 1.82) is 0 Å². The van der Waals surface area contributed by atoms with Gasteiger partial charge in [0.2, 0.25) is 0 Å². The van der Waals surface area contributed by atoms with Gasteiger partial charge in [0, 0.05) is 38.0 Å². The molecule has 1 rings (SSSR count). The molecule has 0 bridgehead atoms. The Hall–Kier alpha value is -1.20. The highest BCUT2D eigenvalue weighted by Gasteiger charge is 2.21. The lowest BCUT2D eigenvalue weighted by Gasteiger charge is -2.32. The van der Waals surface area contributed by atoms with Gasteiger partial charge >= 0.3 is 0 Å². The van der Waals surface area contributed by atoms with Crippen LogP contribution in [0.3, 0.4) is 0 Å². The summed E-state index contributed by atoms with van der Waals surface area (Å²) in [6, 6.07) is 2.01. The third kappa shape index (κ3) is 4.93. The first kappa shape index (κ1) is 17.9. The van der Waals surface area contributed by atoms with Crippen molar-refractivity contribution in [3.63, 3.8) is 0 Å². The largest absolute Gasteiger partial charge is 0.383 e. The van der Waals surface area contributed by atoms with E-state index in [0.29, 0.717) is 31.1 Å². The first-order chi connectivity index (χ1) is 10.2. The number of hydrogen-bond donors (Lipinski definition) is 1. The first-order valence-electron chi connectivity index (χ1n) is 7.79. The van der Waals surface area contributed by atoms with Crippen molar-refractivity contribution in [3.8, 4) is 0 Å². The van der Waals surface area contributed by atoms with Crippen molar-refractivity contribution in [2.24, 2.45) is 0 Å². The maximum absolute atomic E-state index is 14.7. The molecule has 1 aromatic heterocycles. The summed E-state index contributed by atoms with van der Waals surface area (Å²) in [7, 11) is 1.66. The van der Waals surface area contributed by atoms with Gasteiger partial charge < -0.3 is 15.0 Å². The molecule has 21 heavy (non-hydrogen) atoms. The molecular weight excluding hydrogens is 269 g/mol. The van der Waals surface area contributed by atoms with E-state index >= 15 is 0 Å². The zero-order valence-electron chi connectivity index (χ0n) is 13.7. The van der Waals surface area contributed by atoms with Gasteiger partial charge in [0.25, 0.3) is 0 Å². The van der Waals surface area contributed by atoms with E-state index in [1.165, 1.54) is 0 Å². The van der Waals surface area contributed by atoms with Gasteiger partial charge in [0.15, 0.2) is 11.6 Å². The molecule has 0 unspecified atom stereocenters. The van der Waals surface area contributed by atoms with Crippen LogP contribution in [0.15, 0.2) is 12.3 Å². The van der Waals surface area contributed by atoms with Crippen molar-refractivity contribution >= 4 is 5.82 Å². The number of nitrogens with zero attached hydrogens (tertiary/aromatic N) is 2. The van der Waals surface area contributed by atoms with E-state index in [9.17, 15) is 4.39 Å². The van der Waals surface area contributed by atoms with Gasteiger partial charge in [-0.15, -0.1) is 0 Å². The Bertz CT molecular complexity index is 411. The molecule has 5 heteroatoms. The molecule has 0 aliphatic carbocycles. The van der Waals surface area contributed by atoms with Crippen LogP contribution in [0.2, 0.25) is 0 Å². The number of halogens is 1. The van der Waals surface area contributed by atoms with Crippen LogP contribution < -0.4 is 10.2 Å². The van der Waals surface area contributed by atoms with Crippen molar-refractivity contribution in [3.05, 3.63) is 23.6 Å². The lowest BCUT2D eigenvalue weighted by Crippen LogP contribution is -2.38. The van der Waals surface area contributed by atoms with Crippen molar-refractivity contribution < 1.29 is 9.13 Å². The first-order valence-corrected chi connectivity index (χ1v) is 7.79. The molecule has 0 aliphatic rings. The topological polar surface area (TPSA) is 37.4 Å². The quantitative estimate of drug-likeness (QED) is 0.720. The van der Waals surface area contributed by atoms with Crippen LogP contribution in [0.25, 0.3) is 0 Å². The fourth-order valence-electron chi connectivity index (χ4n) is 2.45. The van der Waals surface area contributed by atoms with Crippen LogP contribution in [0.1, 0.15) is 39.2 Å². The Balaban J connectivity index is 3.05. The fraction of sp³-hybridized carbons (Fsp3) is 0.688. The summed E-state index contributed by atoms with van der Waals surface area (Å²) in [5.74, 6) is 0.220. The zero-order valence-corrected chi connectivity index (χ0v) is 13.7. The summed E-state index contributed by atoms with van der Waals surface area (Å²) in [4.78, 5) is 6.32. The van der Waals surface area contributed by atoms with Gasteiger partial charge in [-0.25, -0.2) is 9.37 Å². The number of aromatic nitrogens is 1. The number of anilines is 1. The third-order valence-electron chi connectivity index (χ3n) is 3.71. The standard InChI is InChI=1S/C16H28FN3O/c1-5-14(6-2)20(10-11-21-4)16-15(17)13(8-9-19-16)12-18-7-3/h8-9,14,18H,5-7,10-12H2,1-4H3. The maximum atomic E-state index is 14.7. The highest BCUT2D eigenvalue weighted by molar-refractivity contribution is 5.44. The average Bonchev–Trinajstić information content (AvgIpc) is 2.51. The SMILES string of the molecule is CCNCc1ccnc(N(CCOC)C(CC)CC)c1F. The molecule has 4 nitrogen and oxygen atoms in total. The molecule has 0 atom stereocenters. The van der Waals surface area contributed by atoms with Gasteiger partial charge in [-0.1, -0.05) is 20.8 Å². The minimum Gasteiger partial charge on any atom is -0.383 e. The summed E-state index contributed by atoms with van der Waals surface area (Å²) in [6.45, 7) is 8.81. The van der Waals surface area contributed by atoms with Gasteiger partial charge in [0.05, 0.1) is 6.61 Å². The van der Waals surface area contributed by atoms with Crippen molar-refractivity contribution in [2.75, 3.05) is 31.7 Å². The Morgan fingerprint density at radius 2 is 2.05 bits per heavy atom. The molecule has 1 N–H and O–H groups in total.